The molecule has 0 radical (unpaired) electrons. The van der Waals surface area contributed by atoms with Crippen LogP contribution in [0, 0.1) is 0 Å². The highest BCUT2D eigenvalue weighted by Crippen LogP contribution is 2.26. The number of nitrogens with one attached hydrogen (secondary N) is 1. The standard InChI is InChI=1S/C17H24N4OS.2ClH/c1-3-22-13(2)17-20-15(12-23-17)11-21-8-7-19-10-16(21)14-5-4-6-18-9-14;;/h4-6,9,12-13,16,19H,3,7-8,10-11H2,1-2H3;2*1H. The average Bonchev–Trinajstić information content (AvgIpc) is 3.05. The quantitative estimate of drug-likeness (QED) is 0.796. The van der Waals surface area contributed by atoms with Gasteiger partial charge in [-0.05, 0) is 25.5 Å². The summed E-state index contributed by atoms with van der Waals surface area (Å²) in [7, 11) is 0. The summed E-state index contributed by atoms with van der Waals surface area (Å²) in [5.74, 6) is 0. The zero-order valence-electron chi connectivity index (χ0n) is 14.6. The molecule has 2 aromatic rings. The van der Waals surface area contributed by atoms with Crippen molar-refractivity contribution in [3.63, 3.8) is 0 Å². The van der Waals surface area contributed by atoms with Crippen LogP contribution in [0.1, 0.15) is 42.3 Å². The van der Waals surface area contributed by atoms with Crippen LogP contribution in [0.25, 0.3) is 0 Å². The van der Waals surface area contributed by atoms with Gasteiger partial charge in [-0.3, -0.25) is 9.88 Å². The van der Waals surface area contributed by atoms with Crippen molar-refractivity contribution in [1.82, 2.24) is 20.2 Å². The van der Waals surface area contributed by atoms with E-state index in [9.17, 15) is 0 Å². The van der Waals surface area contributed by atoms with E-state index in [1.807, 2.05) is 25.4 Å². The third-order valence-electron chi connectivity index (χ3n) is 4.12. The third-order valence-corrected chi connectivity index (χ3v) is 5.18. The highest BCUT2D eigenvalue weighted by atomic mass is 35.5. The number of aromatic nitrogens is 2. The third kappa shape index (κ3) is 5.88. The number of nitrogens with zero attached hydrogens (tertiary/aromatic N) is 3. The van der Waals surface area contributed by atoms with Gasteiger partial charge in [0, 0.05) is 56.6 Å². The Morgan fingerprint density at radius 3 is 3.00 bits per heavy atom. The SMILES string of the molecule is CCOC(C)c1nc(CN2CCNCC2c2cccnc2)cs1.Cl.Cl. The summed E-state index contributed by atoms with van der Waals surface area (Å²) in [6, 6.07) is 4.51. The molecule has 3 rings (SSSR count). The first-order chi connectivity index (χ1) is 11.3. The van der Waals surface area contributed by atoms with E-state index in [0.717, 1.165) is 43.5 Å². The Morgan fingerprint density at radius 2 is 2.28 bits per heavy atom. The molecule has 2 aromatic heterocycles. The van der Waals surface area contributed by atoms with E-state index < -0.39 is 0 Å². The highest BCUT2D eigenvalue weighted by molar-refractivity contribution is 7.09. The van der Waals surface area contributed by atoms with Crippen molar-refractivity contribution >= 4 is 36.2 Å². The summed E-state index contributed by atoms with van der Waals surface area (Å²) in [6.45, 7) is 8.67. The summed E-state index contributed by atoms with van der Waals surface area (Å²) in [5.41, 5.74) is 2.39. The molecule has 1 aliphatic rings. The lowest BCUT2D eigenvalue weighted by Crippen LogP contribution is -2.45. The van der Waals surface area contributed by atoms with Crippen LogP contribution < -0.4 is 5.32 Å². The minimum Gasteiger partial charge on any atom is -0.372 e. The molecule has 8 heteroatoms. The molecule has 1 aliphatic heterocycles. The maximum atomic E-state index is 5.64. The van der Waals surface area contributed by atoms with Crippen molar-refractivity contribution in [2.75, 3.05) is 26.2 Å². The molecule has 2 unspecified atom stereocenters. The van der Waals surface area contributed by atoms with E-state index in [1.165, 1.54) is 5.56 Å². The van der Waals surface area contributed by atoms with Crippen LogP contribution in [-0.4, -0.2) is 41.1 Å². The highest BCUT2D eigenvalue weighted by Gasteiger charge is 2.24. The molecule has 0 saturated carbocycles. The fourth-order valence-corrected chi connectivity index (χ4v) is 3.76. The molecule has 0 spiro atoms. The normalized spacial score (nSPS) is 18.9. The maximum Gasteiger partial charge on any atom is 0.122 e. The number of pyridine rings is 1. The van der Waals surface area contributed by atoms with Gasteiger partial charge in [-0.1, -0.05) is 6.07 Å². The summed E-state index contributed by atoms with van der Waals surface area (Å²) < 4.78 is 5.64. The minimum atomic E-state index is 0. The largest absolute Gasteiger partial charge is 0.372 e. The molecule has 1 fully saturated rings. The summed E-state index contributed by atoms with van der Waals surface area (Å²) >= 11 is 1.69. The Balaban J connectivity index is 0.00000156. The second-order valence-electron chi connectivity index (χ2n) is 5.75. The molecular formula is C17H26Cl2N4OS. The summed E-state index contributed by atoms with van der Waals surface area (Å²) in [6.07, 6.45) is 3.87. The van der Waals surface area contributed by atoms with Crippen LogP contribution in [0.15, 0.2) is 29.9 Å². The summed E-state index contributed by atoms with van der Waals surface area (Å²) in [5, 5.41) is 6.71. The monoisotopic (exact) mass is 404 g/mol. The van der Waals surface area contributed by atoms with Gasteiger partial charge < -0.3 is 10.1 Å². The second-order valence-corrected chi connectivity index (χ2v) is 6.64. The number of rotatable bonds is 6. The molecule has 5 nitrogen and oxygen atoms in total. The van der Waals surface area contributed by atoms with Crippen LogP contribution in [0.4, 0.5) is 0 Å². The number of thiazole rings is 1. The van der Waals surface area contributed by atoms with E-state index >= 15 is 0 Å². The van der Waals surface area contributed by atoms with Gasteiger partial charge in [-0.2, -0.15) is 0 Å². The Hall–Kier alpha value is -0.760. The van der Waals surface area contributed by atoms with Crippen molar-refractivity contribution in [1.29, 1.82) is 0 Å². The predicted octanol–water partition coefficient (Wildman–Crippen LogP) is 3.63. The first kappa shape index (κ1) is 22.3. The number of hydrogen-bond acceptors (Lipinski definition) is 6. The first-order valence-corrected chi connectivity index (χ1v) is 9.06. The van der Waals surface area contributed by atoms with E-state index in [0.29, 0.717) is 6.04 Å². The van der Waals surface area contributed by atoms with Crippen molar-refractivity contribution in [3.05, 3.63) is 46.2 Å². The van der Waals surface area contributed by atoms with Crippen LogP contribution >= 0.6 is 36.2 Å². The van der Waals surface area contributed by atoms with E-state index in [2.05, 4.69) is 33.6 Å². The lowest BCUT2D eigenvalue weighted by atomic mass is 10.1. The summed E-state index contributed by atoms with van der Waals surface area (Å²) in [4.78, 5) is 11.5. The Morgan fingerprint density at radius 1 is 1.44 bits per heavy atom. The lowest BCUT2D eigenvalue weighted by Gasteiger charge is -2.35. The van der Waals surface area contributed by atoms with Crippen LogP contribution in [0.2, 0.25) is 0 Å². The molecule has 0 bridgehead atoms. The van der Waals surface area contributed by atoms with Gasteiger partial charge in [0.05, 0.1) is 5.69 Å². The fourth-order valence-electron chi connectivity index (χ4n) is 2.95. The number of ether oxygens (including phenoxy) is 1. The van der Waals surface area contributed by atoms with E-state index in [-0.39, 0.29) is 30.9 Å². The molecule has 1 saturated heterocycles. The van der Waals surface area contributed by atoms with Crippen LogP contribution in [0.5, 0.6) is 0 Å². The molecule has 25 heavy (non-hydrogen) atoms. The van der Waals surface area contributed by atoms with Crippen molar-refractivity contribution < 1.29 is 4.74 Å². The van der Waals surface area contributed by atoms with Gasteiger partial charge in [0.2, 0.25) is 0 Å². The lowest BCUT2D eigenvalue weighted by molar-refractivity contribution is 0.0758. The van der Waals surface area contributed by atoms with Crippen molar-refractivity contribution in [2.24, 2.45) is 0 Å². The van der Waals surface area contributed by atoms with Crippen molar-refractivity contribution in [2.45, 2.75) is 32.5 Å². The van der Waals surface area contributed by atoms with Crippen LogP contribution in [-0.2, 0) is 11.3 Å². The fraction of sp³-hybridized carbons (Fsp3) is 0.529. The second kappa shape index (κ2) is 11.1. The molecule has 0 aromatic carbocycles. The predicted molar refractivity (Wildman–Crippen MR) is 107 cm³/mol. The smallest absolute Gasteiger partial charge is 0.122 e. The van der Waals surface area contributed by atoms with Crippen LogP contribution in [0.3, 0.4) is 0 Å². The molecule has 0 aliphatic carbocycles. The molecule has 140 valence electrons. The molecule has 3 heterocycles. The van der Waals surface area contributed by atoms with Gasteiger partial charge in [-0.25, -0.2) is 4.98 Å². The van der Waals surface area contributed by atoms with Crippen molar-refractivity contribution in [3.8, 4) is 0 Å². The van der Waals surface area contributed by atoms with Gasteiger partial charge in [-0.15, -0.1) is 36.2 Å². The maximum absolute atomic E-state index is 5.64. The van der Waals surface area contributed by atoms with E-state index in [1.54, 1.807) is 11.3 Å². The Bertz CT molecular complexity index is 614. The zero-order valence-corrected chi connectivity index (χ0v) is 17.0. The van der Waals surface area contributed by atoms with Gasteiger partial charge in [0.15, 0.2) is 0 Å². The van der Waals surface area contributed by atoms with E-state index in [4.69, 9.17) is 9.72 Å². The first-order valence-electron chi connectivity index (χ1n) is 8.18. The Kier molecular flexibility index (Phi) is 9.86. The minimum absolute atomic E-state index is 0. The molecule has 0 amide bonds. The molecule has 2 atom stereocenters. The number of halogens is 2. The van der Waals surface area contributed by atoms with Gasteiger partial charge in [0.1, 0.15) is 11.1 Å². The average molecular weight is 405 g/mol. The van der Waals surface area contributed by atoms with Gasteiger partial charge >= 0.3 is 0 Å². The number of hydrogen-bond donors (Lipinski definition) is 1. The Labute approximate surface area is 166 Å². The number of piperazine rings is 1. The molecule has 1 N–H and O–H groups in total. The topological polar surface area (TPSA) is 50.3 Å². The molecular weight excluding hydrogens is 379 g/mol. The zero-order chi connectivity index (χ0) is 16.1. The van der Waals surface area contributed by atoms with Gasteiger partial charge in [0.25, 0.3) is 0 Å².